The molecule has 0 aromatic heterocycles. The summed E-state index contributed by atoms with van der Waals surface area (Å²) in [4.78, 5) is 0. The van der Waals surface area contributed by atoms with Crippen LogP contribution in [0.4, 0.5) is 0 Å². The summed E-state index contributed by atoms with van der Waals surface area (Å²) in [5, 5.41) is 8.56. The quantitative estimate of drug-likeness (QED) is 0.629. The van der Waals surface area contributed by atoms with E-state index < -0.39 is 10.0 Å². The number of hydrogen-bond donors (Lipinski definition) is 1. The van der Waals surface area contributed by atoms with E-state index in [1.165, 1.54) is 10.6 Å². The van der Waals surface area contributed by atoms with E-state index in [2.05, 4.69) is 0 Å². The standard InChI is InChI=1S/C6H13NO3S/c1-11(9,10)7-4-2-6(7)3-5-8/h6,8H,2-5H2,1H3. The molecule has 0 amide bonds. The fourth-order valence-electron chi connectivity index (χ4n) is 1.29. The zero-order chi connectivity index (χ0) is 8.48. The van der Waals surface area contributed by atoms with Crippen LogP contribution in [-0.4, -0.2) is 43.3 Å². The Morgan fingerprint density at radius 1 is 1.64 bits per heavy atom. The zero-order valence-electron chi connectivity index (χ0n) is 6.52. The Bertz CT molecular complexity index is 224. The Hall–Kier alpha value is -0.130. The molecule has 0 aromatic rings. The SMILES string of the molecule is CS(=O)(=O)N1CCC1CCO. The van der Waals surface area contributed by atoms with E-state index in [0.717, 1.165) is 6.42 Å². The second-order valence-corrected chi connectivity index (χ2v) is 4.76. The Labute approximate surface area is 66.9 Å². The minimum atomic E-state index is -3.02. The van der Waals surface area contributed by atoms with E-state index in [4.69, 9.17) is 5.11 Å². The van der Waals surface area contributed by atoms with Gasteiger partial charge in [0.15, 0.2) is 0 Å². The molecule has 66 valence electrons. The van der Waals surface area contributed by atoms with Gasteiger partial charge in [-0.25, -0.2) is 8.42 Å². The summed E-state index contributed by atoms with van der Waals surface area (Å²) in [5.74, 6) is 0. The average Bonchev–Trinajstić information content (AvgIpc) is 1.75. The normalized spacial score (nSPS) is 26.5. The molecule has 1 rings (SSSR count). The van der Waals surface area contributed by atoms with E-state index in [0.29, 0.717) is 13.0 Å². The van der Waals surface area contributed by atoms with Crippen LogP contribution in [0.3, 0.4) is 0 Å². The minimum Gasteiger partial charge on any atom is -0.396 e. The van der Waals surface area contributed by atoms with Gasteiger partial charge >= 0.3 is 0 Å². The molecule has 4 nitrogen and oxygen atoms in total. The van der Waals surface area contributed by atoms with E-state index in [1.807, 2.05) is 0 Å². The highest BCUT2D eigenvalue weighted by Gasteiger charge is 2.33. The van der Waals surface area contributed by atoms with Crippen molar-refractivity contribution in [3.05, 3.63) is 0 Å². The molecule has 0 spiro atoms. The Kier molecular flexibility index (Phi) is 2.51. The highest BCUT2D eigenvalue weighted by atomic mass is 32.2. The van der Waals surface area contributed by atoms with Gasteiger partial charge in [0.1, 0.15) is 0 Å². The molecule has 0 bridgehead atoms. The molecule has 1 heterocycles. The van der Waals surface area contributed by atoms with Crippen molar-refractivity contribution in [1.82, 2.24) is 4.31 Å². The first-order chi connectivity index (χ1) is 5.05. The molecule has 1 saturated heterocycles. The van der Waals surface area contributed by atoms with Gasteiger partial charge in [0.05, 0.1) is 6.26 Å². The molecule has 0 saturated carbocycles. The van der Waals surface area contributed by atoms with Crippen LogP contribution in [0.2, 0.25) is 0 Å². The van der Waals surface area contributed by atoms with Crippen LogP contribution in [0.25, 0.3) is 0 Å². The number of rotatable bonds is 3. The lowest BCUT2D eigenvalue weighted by molar-refractivity contribution is 0.154. The molecular formula is C6H13NO3S. The molecule has 5 heteroatoms. The van der Waals surface area contributed by atoms with Gasteiger partial charge in [0.25, 0.3) is 0 Å². The first-order valence-electron chi connectivity index (χ1n) is 3.63. The van der Waals surface area contributed by atoms with Gasteiger partial charge in [0.2, 0.25) is 10.0 Å². The summed E-state index contributed by atoms with van der Waals surface area (Å²) in [7, 11) is -3.02. The van der Waals surface area contributed by atoms with Crippen LogP contribution in [0, 0.1) is 0 Å². The van der Waals surface area contributed by atoms with Crippen molar-refractivity contribution in [3.63, 3.8) is 0 Å². The molecule has 1 aliphatic heterocycles. The Morgan fingerprint density at radius 3 is 2.55 bits per heavy atom. The monoisotopic (exact) mass is 179 g/mol. The van der Waals surface area contributed by atoms with E-state index in [1.54, 1.807) is 0 Å². The summed E-state index contributed by atoms with van der Waals surface area (Å²) in [5.41, 5.74) is 0. The molecule has 0 aromatic carbocycles. The van der Waals surface area contributed by atoms with E-state index >= 15 is 0 Å². The summed E-state index contributed by atoms with van der Waals surface area (Å²) in [6.45, 7) is 0.681. The number of aliphatic hydroxyl groups is 1. The number of nitrogens with zero attached hydrogens (tertiary/aromatic N) is 1. The van der Waals surface area contributed by atoms with Gasteiger partial charge in [-0.3, -0.25) is 0 Å². The van der Waals surface area contributed by atoms with Gasteiger partial charge in [0, 0.05) is 19.2 Å². The lowest BCUT2D eigenvalue weighted by Gasteiger charge is -2.38. The molecule has 11 heavy (non-hydrogen) atoms. The fourth-order valence-corrected chi connectivity index (χ4v) is 2.48. The van der Waals surface area contributed by atoms with Crippen molar-refractivity contribution in [2.75, 3.05) is 19.4 Å². The van der Waals surface area contributed by atoms with Crippen LogP contribution >= 0.6 is 0 Å². The third-order valence-electron chi connectivity index (χ3n) is 1.98. The van der Waals surface area contributed by atoms with Gasteiger partial charge < -0.3 is 5.11 Å². The van der Waals surface area contributed by atoms with Crippen LogP contribution < -0.4 is 0 Å². The Balaban J connectivity index is 2.50. The first kappa shape index (κ1) is 8.96. The molecule has 0 radical (unpaired) electrons. The maximum Gasteiger partial charge on any atom is 0.211 e. The molecule has 1 N–H and O–H groups in total. The Morgan fingerprint density at radius 2 is 2.27 bits per heavy atom. The second kappa shape index (κ2) is 3.08. The molecule has 1 atom stereocenters. The fraction of sp³-hybridized carbons (Fsp3) is 1.00. The third-order valence-corrected chi connectivity index (χ3v) is 3.31. The second-order valence-electron chi connectivity index (χ2n) is 2.83. The number of hydrogen-bond acceptors (Lipinski definition) is 3. The summed E-state index contributed by atoms with van der Waals surface area (Å²) in [6, 6.07) is 0.0509. The van der Waals surface area contributed by atoms with Crippen molar-refractivity contribution in [3.8, 4) is 0 Å². The number of aliphatic hydroxyl groups excluding tert-OH is 1. The van der Waals surface area contributed by atoms with Crippen molar-refractivity contribution in [1.29, 1.82) is 0 Å². The third kappa shape index (κ3) is 1.91. The first-order valence-corrected chi connectivity index (χ1v) is 5.48. The van der Waals surface area contributed by atoms with Crippen molar-refractivity contribution in [2.24, 2.45) is 0 Å². The molecule has 1 unspecified atom stereocenters. The van der Waals surface area contributed by atoms with Crippen LogP contribution in [-0.2, 0) is 10.0 Å². The smallest absolute Gasteiger partial charge is 0.211 e. The van der Waals surface area contributed by atoms with Gasteiger partial charge in [-0.05, 0) is 12.8 Å². The van der Waals surface area contributed by atoms with Crippen LogP contribution in [0.5, 0.6) is 0 Å². The highest BCUT2D eigenvalue weighted by Crippen LogP contribution is 2.22. The highest BCUT2D eigenvalue weighted by molar-refractivity contribution is 7.88. The molecule has 0 aliphatic carbocycles. The topological polar surface area (TPSA) is 57.6 Å². The van der Waals surface area contributed by atoms with Crippen molar-refractivity contribution < 1.29 is 13.5 Å². The summed E-state index contributed by atoms with van der Waals surface area (Å²) >= 11 is 0. The van der Waals surface area contributed by atoms with Crippen LogP contribution in [0.1, 0.15) is 12.8 Å². The molecule has 1 aliphatic rings. The maximum absolute atomic E-state index is 10.9. The van der Waals surface area contributed by atoms with Crippen molar-refractivity contribution in [2.45, 2.75) is 18.9 Å². The van der Waals surface area contributed by atoms with Gasteiger partial charge in [-0.15, -0.1) is 0 Å². The summed E-state index contributed by atoms with van der Waals surface area (Å²) in [6.07, 6.45) is 2.65. The van der Waals surface area contributed by atoms with E-state index in [9.17, 15) is 8.42 Å². The average molecular weight is 179 g/mol. The van der Waals surface area contributed by atoms with Gasteiger partial charge in [-0.2, -0.15) is 4.31 Å². The van der Waals surface area contributed by atoms with Crippen molar-refractivity contribution >= 4 is 10.0 Å². The minimum absolute atomic E-state index is 0.0509. The lowest BCUT2D eigenvalue weighted by Crippen LogP contribution is -2.50. The van der Waals surface area contributed by atoms with Gasteiger partial charge in [-0.1, -0.05) is 0 Å². The largest absolute Gasteiger partial charge is 0.396 e. The van der Waals surface area contributed by atoms with Crippen LogP contribution in [0.15, 0.2) is 0 Å². The predicted molar refractivity (Wildman–Crippen MR) is 41.7 cm³/mol. The molecular weight excluding hydrogens is 166 g/mol. The van der Waals surface area contributed by atoms with E-state index in [-0.39, 0.29) is 12.6 Å². The number of sulfonamides is 1. The maximum atomic E-state index is 10.9. The zero-order valence-corrected chi connectivity index (χ0v) is 7.34. The summed E-state index contributed by atoms with van der Waals surface area (Å²) < 4.78 is 23.3. The lowest BCUT2D eigenvalue weighted by atomic mass is 10.0. The predicted octanol–water partition coefficient (Wildman–Crippen LogP) is -0.597. The molecule has 1 fully saturated rings.